The third-order valence-corrected chi connectivity index (χ3v) is 5.02. The van der Waals surface area contributed by atoms with E-state index in [0.717, 1.165) is 5.56 Å². The number of likely N-dealkylation sites (N-methyl/N-ethyl adjacent to an activating group) is 1. The highest BCUT2D eigenvalue weighted by Gasteiger charge is 2.16. The minimum atomic E-state index is -0.447. The Labute approximate surface area is 175 Å². The highest BCUT2D eigenvalue weighted by molar-refractivity contribution is 9.10. The van der Waals surface area contributed by atoms with Gasteiger partial charge < -0.3 is 10.2 Å². The quantitative estimate of drug-likeness (QED) is 0.567. The Morgan fingerprint density at radius 1 is 1.24 bits per heavy atom. The van der Waals surface area contributed by atoms with E-state index in [4.69, 9.17) is 0 Å². The van der Waals surface area contributed by atoms with E-state index in [2.05, 4.69) is 31.3 Å². The second kappa shape index (κ2) is 8.99. The van der Waals surface area contributed by atoms with E-state index in [9.17, 15) is 14.4 Å². The van der Waals surface area contributed by atoms with Crippen LogP contribution in [0.15, 0.2) is 46.1 Å². The van der Waals surface area contributed by atoms with E-state index < -0.39 is 5.91 Å². The number of carbonyl (C=O) groups excluding carboxylic acids is 2. The zero-order valence-electron chi connectivity index (χ0n) is 16.1. The molecule has 1 aromatic carbocycles. The first-order valence-electron chi connectivity index (χ1n) is 9.06. The van der Waals surface area contributed by atoms with Crippen LogP contribution in [0.5, 0.6) is 0 Å². The topological polar surface area (TPSA) is 102 Å². The van der Waals surface area contributed by atoms with Crippen molar-refractivity contribution in [1.29, 1.82) is 0 Å². The molecule has 0 fully saturated rings. The molecule has 0 saturated heterocycles. The highest BCUT2D eigenvalue weighted by atomic mass is 79.9. The van der Waals surface area contributed by atoms with Crippen molar-refractivity contribution < 1.29 is 9.59 Å². The molecule has 3 rings (SSSR count). The molecule has 2 aromatic heterocycles. The van der Waals surface area contributed by atoms with Crippen LogP contribution >= 0.6 is 15.9 Å². The van der Waals surface area contributed by atoms with E-state index in [-0.39, 0.29) is 24.6 Å². The van der Waals surface area contributed by atoms with Gasteiger partial charge in [-0.05, 0) is 28.4 Å². The smallest absolute Gasteiger partial charge is 0.266 e. The zero-order chi connectivity index (χ0) is 21.0. The lowest BCUT2D eigenvalue weighted by Crippen LogP contribution is -2.41. The van der Waals surface area contributed by atoms with Gasteiger partial charge in [-0.2, -0.15) is 5.10 Å². The number of nitrogens with one attached hydrogen (secondary N) is 1. The van der Waals surface area contributed by atoms with Gasteiger partial charge in [0.1, 0.15) is 22.9 Å². The lowest BCUT2D eigenvalue weighted by Gasteiger charge is -2.21. The molecule has 152 valence electrons. The number of nitrogens with zero attached hydrogens (tertiary/aromatic N) is 5. The minimum absolute atomic E-state index is 0.138. The second-order valence-corrected chi connectivity index (χ2v) is 7.21. The maximum atomic E-state index is 12.6. The molecule has 0 radical (unpaired) electrons. The monoisotopic (exact) mass is 460 g/mol. The van der Waals surface area contributed by atoms with Crippen molar-refractivity contribution in [3.05, 3.63) is 57.2 Å². The number of carbonyl (C=O) groups is 2. The van der Waals surface area contributed by atoms with E-state index in [0.29, 0.717) is 28.7 Å². The third kappa shape index (κ3) is 4.70. The summed E-state index contributed by atoms with van der Waals surface area (Å²) in [6, 6.07) is 9.64. The van der Waals surface area contributed by atoms with Crippen molar-refractivity contribution in [2.45, 2.75) is 20.0 Å². The summed E-state index contributed by atoms with van der Waals surface area (Å²) in [5.41, 5.74) is 1.06. The van der Waals surface area contributed by atoms with Crippen LogP contribution in [-0.4, -0.2) is 49.1 Å². The number of aryl methyl sites for hydroxylation is 1. The molecule has 0 spiro atoms. The first kappa shape index (κ1) is 20.7. The van der Waals surface area contributed by atoms with Gasteiger partial charge in [0, 0.05) is 20.1 Å². The number of aromatic nitrogens is 4. The number of rotatable bonds is 7. The number of hydrogen-bond donors (Lipinski definition) is 1. The molecule has 10 heteroatoms. The van der Waals surface area contributed by atoms with E-state index in [1.54, 1.807) is 11.9 Å². The Morgan fingerprint density at radius 3 is 2.66 bits per heavy atom. The summed E-state index contributed by atoms with van der Waals surface area (Å²) >= 11 is 3.23. The molecule has 0 saturated carbocycles. The van der Waals surface area contributed by atoms with Crippen molar-refractivity contribution >= 4 is 38.8 Å². The van der Waals surface area contributed by atoms with Gasteiger partial charge in [0.2, 0.25) is 11.8 Å². The Bertz CT molecular complexity index is 1090. The first-order valence-corrected chi connectivity index (χ1v) is 9.86. The fourth-order valence-electron chi connectivity index (χ4n) is 2.92. The third-order valence-electron chi connectivity index (χ3n) is 4.47. The predicted molar refractivity (Wildman–Crippen MR) is 111 cm³/mol. The van der Waals surface area contributed by atoms with Gasteiger partial charge in [-0.25, -0.2) is 9.67 Å². The van der Waals surface area contributed by atoms with Gasteiger partial charge in [0.05, 0.1) is 6.54 Å². The summed E-state index contributed by atoms with van der Waals surface area (Å²) in [6.07, 6.45) is 1.30. The lowest BCUT2D eigenvalue weighted by atomic mass is 10.2. The Hall–Kier alpha value is -3.01. The summed E-state index contributed by atoms with van der Waals surface area (Å²) in [5, 5.41) is 6.98. The van der Waals surface area contributed by atoms with Gasteiger partial charge >= 0.3 is 0 Å². The van der Waals surface area contributed by atoms with Crippen molar-refractivity contribution in [3.8, 4) is 0 Å². The van der Waals surface area contributed by atoms with Crippen molar-refractivity contribution in [2.75, 3.05) is 13.1 Å². The van der Waals surface area contributed by atoms with Gasteiger partial charge in [0.15, 0.2) is 5.65 Å². The van der Waals surface area contributed by atoms with Crippen molar-refractivity contribution in [1.82, 2.24) is 29.5 Å². The van der Waals surface area contributed by atoms with Gasteiger partial charge in [-0.1, -0.05) is 30.3 Å². The summed E-state index contributed by atoms with van der Waals surface area (Å²) in [7, 11) is 1.68. The summed E-state index contributed by atoms with van der Waals surface area (Å²) in [6.45, 7) is 2.51. The van der Waals surface area contributed by atoms with E-state index in [1.165, 1.54) is 15.6 Å². The fraction of sp³-hybridized carbons (Fsp3) is 0.316. The molecule has 0 bridgehead atoms. The largest absolute Gasteiger partial charge is 0.345 e. The SMILES string of the molecule is CCN(Cc1ccccc1)C(=O)CNC(=O)Cn1cnc2c(c(Br)nn2C)c1=O. The maximum Gasteiger partial charge on any atom is 0.266 e. The molecule has 9 nitrogen and oxygen atoms in total. The molecule has 0 aliphatic carbocycles. The number of halogens is 1. The number of benzene rings is 1. The highest BCUT2D eigenvalue weighted by Crippen LogP contribution is 2.16. The van der Waals surface area contributed by atoms with Gasteiger partial charge in [-0.3, -0.25) is 19.0 Å². The number of amides is 2. The van der Waals surface area contributed by atoms with Crippen LogP contribution in [0.25, 0.3) is 11.0 Å². The van der Waals surface area contributed by atoms with E-state index >= 15 is 0 Å². The van der Waals surface area contributed by atoms with Crippen LogP contribution < -0.4 is 10.9 Å². The molecular weight excluding hydrogens is 440 g/mol. The molecule has 29 heavy (non-hydrogen) atoms. The van der Waals surface area contributed by atoms with Gasteiger partial charge in [-0.15, -0.1) is 0 Å². The average molecular weight is 461 g/mol. The fourth-order valence-corrected chi connectivity index (χ4v) is 3.51. The number of hydrogen-bond acceptors (Lipinski definition) is 5. The summed E-state index contributed by atoms with van der Waals surface area (Å²) in [4.78, 5) is 43.1. The first-order chi connectivity index (χ1) is 13.9. The van der Waals surface area contributed by atoms with E-state index in [1.807, 2.05) is 37.3 Å². The minimum Gasteiger partial charge on any atom is -0.345 e. The summed E-state index contributed by atoms with van der Waals surface area (Å²) < 4.78 is 3.04. The van der Waals surface area contributed by atoms with Gasteiger partial charge in [0.25, 0.3) is 5.56 Å². The van der Waals surface area contributed by atoms with Crippen molar-refractivity contribution in [3.63, 3.8) is 0 Å². The molecule has 0 aliphatic rings. The Balaban J connectivity index is 1.61. The molecule has 1 N–H and O–H groups in total. The maximum absolute atomic E-state index is 12.6. The second-order valence-electron chi connectivity index (χ2n) is 6.46. The molecule has 0 unspecified atom stereocenters. The summed E-state index contributed by atoms with van der Waals surface area (Å²) in [5.74, 6) is -0.641. The average Bonchev–Trinajstić information content (AvgIpc) is 3.01. The molecular formula is C19H21BrN6O3. The standard InChI is InChI=1S/C19H21BrN6O3/c1-3-25(10-13-7-5-4-6-8-13)15(28)9-21-14(27)11-26-12-22-18-16(19(26)29)17(20)23-24(18)2/h4-8,12H,3,9-11H2,1-2H3,(H,21,27). The van der Waals surface area contributed by atoms with Crippen LogP contribution in [0, 0.1) is 0 Å². The number of fused-ring (bicyclic) bond motifs is 1. The molecule has 2 heterocycles. The van der Waals surface area contributed by atoms with Crippen LogP contribution in [0.1, 0.15) is 12.5 Å². The molecule has 2 amide bonds. The molecule has 3 aromatic rings. The normalized spacial score (nSPS) is 10.9. The predicted octanol–water partition coefficient (Wildman–Crippen LogP) is 1.06. The van der Waals surface area contributed by atoms with Crippen LogP contribution in [0.4, 0.5) is 0 Å². The van der Waals surface area contributed by atoms with Crippen LogP contribution in [-0.2, 0) is 29.7 Å². The molecule has 0 atom stereocenters. The Morgan fingerprint density at radius 2 is 1.97 bits per heavy atom. The van der Waals surface area contributed by atoms with Crippen LogP contribution in [0.3, 0.4) is 0 Å². The zero-order valence-corrected chi connectivity index (χ0v) is 17.7. The molecule has 0 aliphatic heterocycles. The van der Waals surface area contributed by atoms with Crippen molar-refractivity contribution in [2.24, 2.45) is 7.05 Å². The Kier molecular flexibility index (Phi) is 6.42. The lowest BCUT2D eigenvalue weighted by molar-refractivity contribution is -0.133. The van der Waals surface area contributed by atoms with Crippen LogP contribution in [0.2, 0.25) is 0 Å².